The molecule has 0 aromatic heterocycles. The smallest absolute Gasteiger partial charge is 0.325 e. The van der Waals surface area contributed by atoms with E-state index in [2.05, 4.69) is 4.72 Å². The first-order chi connectivity index (χ1) is 12.0. The summed E-state index contributed by atoms with van der Waals surface area (Å²) in [5, 5.41) is 0. The van der Waals surface area contributed by atoms with Gasteiger partial charge >= 0.3 is 6.18 Å². The van der Waals surface area contributed by atoms with Gasteiger partial charge in [-0.15, -0.1) is 0 Å². The third-order valence-electron chi connectivity index (χ3n) is 7.46. The molecule has 0 aliphatic heterocycles. The quantitative estimate of drug-likeness (QED) is 0.839. The lowest BCUT2D eigenvalue weighted by Gasteiger charge is -2.58. The van der Waals surface area contributed by atoms with Crippen LogP contribution in [0.1, 0.15) is 44.1 Å². The van der Waals surface area contributed by atoms with E-state index < -0.39 is 27.3 Å². The highest BCUT2D eigenvalue weighted by molar-refractivity contribution is 7.89. The van der Waals surface area contributed by atoms with Gasteiger partial charge in [0.15, 0.2) is 0 Å². The molecule has 4 saturated carbocycles. The number of alkyl halides is 3. The van der Waals surface area contributed by atoms with E-state index in [-0.39, 0.29) is 15.8 Å². The van der Waals surface area contributed by atoms with Gasteiger partial charge in [0.2, 0.25) is 10.0 Å². The van der Waals surface area contributed by atoms with Gasteiger partial charge in [0.1, 0.15) is 0 Å². The van der Waals surface area contributed by atoms with Crippen molar-refractivity contribution < 1.29 is 21.6 Å². The molecule has 8 heteroatoms. The van der Waals surface area contributed by atoms with Crippen molar-refractivity contribution in [1.82, 2.24) is 4.72 Å². The Balaban J connectivity index is 1.45. The molecule has 1 spiro atoms. The Labute approximate surface area is 150 Å². The van der Waals surface area contributed by atoms with Crippen molar-refractivity contribution >= 4 is 10.0 Å². The van der Waals surface area contributed by atoms with Crippen LogP contribution in [-0.2, 0) is 16.2 Å². The summed E-state index contributed by atoms with van der Waals surface area (Å²) in [7, 11) is -3.87. The highest BCUT2D eigenvalue weighted by atomic mass is 32.2. The van der Waals surface area contributed by atoms with Gasteiger partial charge in [-0.25, -0.2) is 13.1 Å². The van der Waals surface area contributed by atoms with Crippen LogP contribution < -0.4 is 10.5 Å². The lowest BCUT2D eigenvalue weighted by Crippen LogP contribution is -2.67. The summed E-state index contributed by atoms with van der Waals surface area (Å²) in [6, 6.07) is 3.72. The van der Waals surface area contributed by atoms with E-state index in [1.54, 1.807) is 0 Å². The molecule has 4 aliphatic carbocycles. The molecule has 0 saturated heterocycles. The summed E-state index contributed by atoms with van der Waals surface area (Å²) in [5.41, 5.74) is 5.01. The topological polar surface area (TPSA) is 72.2 Å². The Morgan fingerprint density at radius 2 is 1.73 bits per heavy atom. The molecule has 5 atom stereocenters. The minimum absolute atomic E-state index is 0.0519. The minimum Gasteiger partial charge on any atom is -0.325 e. The van der Waals surface area contributed by atoms with Crippen LogP contribution in [0, 0.1) is 17.3 Å². The summed E-state index contributed by atoms with van der Waals surface area (Å²) >= 11 is 0. The average molecular weight is 386 g/mol. The molecule has 0 heterocycles. The summed E-state index contributed by atoms with van der Waals surface area (Å²) in [5.74, 6) is 0.909. The normalized spacial score (nSPS) is 43.4. The molecule has 26 heavy (non-hydrogen) atoms. The Kier molecular flexibility index (Phi) is 3.04. The molecule has 5 unspecified atom stereocenters. The second kappa shape index (κ2) is 4.64. The van der Waals surface area contributed by atoms with E-state index in [0.717, 1.165) is 62.8 Å². The Morgan fingerprint density at radius 3 is 2.38 bits per heavy atom. The second-order valence-electron chi connectivity index (χ2n) is 8.99. The summed E-state index contributed by atoms with van der Waals surface area (Å²) < 4.78 is 66.9. The molecule has 4 nitrogen and oxygen atoms in total. The number of fused-ring (bicyclic) bond motifs is 2. The van der Waals surface area contributed by atoms with E-state index >= 15 is 0 Å². The first kappa shape index (κ1) is 17.0. The van der Waals surface area contributed by atoms with Gasteiger partial charge in [-0.05, 0) is 80.0 Å². The second-order valence-corrected chi connectivity index (χ2v) is 10.7. The molecule has 3 N–H and O–H groups in total. The van der Waals surface area contributed by atoms with E-state index in [9.17, 15) is 21.6 Å². The predicted octanol–water partition coefficient (Wildman–Crippen LogP) is 3.03. The molecular formula is C18H21F3N2O2S. The SMILES string of the molecule is NC12CC3CC4(NS(=O)(=O)c5ccc(C(F)(F)F)cc5)CC(C1)C4(C3)C2. The molecule has 142 valence electrons. The van der Waals surface area contributed by atoms with Gasteiger partial charge in [-0.3, -0.25) is 0 Å². The van der Waals surface area contributed by atoms with Gasteiger partial charge < -0.3 is 5.73 Å². The first-order valence-corrected chi connectivity index (χ1v) is 10.5. The van der Waals surface area contributed by atoms with E-state index in [1.807, 2.05) is 0 Å². The lowest BCUT2D eigenvalue weighted by atomic mass is 9.51. The van der Waals surface area contributed by atoms with Gasteiger partial charge in [0.25, 0.3) is 0 Å². The average Bonchev–Trinajstić information content (AvgIpc) is 2.79. The number of benzene rings is 1. The molecule has 1 aromatic carbocycles. The summed E-state index contributed by atoms with van der Waals surface area (Å²) in [6.07, 6.45) is 0.904. The fraction of sp³-hybridized carbons (Fsp3) is 0.667. The van der Waals surface area contributed by atoms with E-state index in [0.29, 0.717) is 11.8 Å². The van der Waals surface area contributed by atoms with Gasteiger partial charge in [0.05, 0.1) is 10.5 Å². The number of hydrogen-bond donors (Lipinski definition) is 2. The van der Waals surface area contributed by atoms with Crippen molar-refractivity contribution in [3.63, 3.8) is 0 Å². The van der Waals surface area contributed by atoms with Crippen LogP contribution in [0.25, 0.3) is 0 Å². The van der Waals surface area contributed by atoms with Crippen LogP contribution in [0.15, 0.2) is 29.2 Å². The van der Waals surface area contributed by atoms with Crippen molar-refractivity contribution in [3.8, 4) is 0 Å². The van der Waals surface area contributed by atoms with Crippen molar-refractivity contribution in [1.29, 1.82) is 0 Å². The Bertz CT molecular complexity index is 881. The maximum absolute atomic E-state index is 12.9. The van der Waals surface area contributed by atoms with Crippen LogP contribution in [-0.4, -0.2) is 19.5 Å². The number of nitrogens with one attached hydrogen (secondary N) is 1. The van der Waals surface area contributed by atoms with Gasteiger partial charge in [-0.2, -0.15) is 13.2 Å². The van der Waals surface area contributed by atoms with Crippen LogP contribution in [0.4, 0.5) is 13.2 Å². The summed E-state index contributed by atoms with van der Waals surface area (Å²) in [4.78, 5) is -0.113. The van der Waals surface area contributed by atoms with Gasteiger partial charge in [0, 0.05) is 11.1 Å². The van der Waals surface area contributed by atoms with Crippen LogP contribution in [0.5, 0.6) is 0 Å². The van der Waals surface area contributed by atoms with Crippen molar-refractivity contribution in [2.45, 2.75) is 60.7 Å². The molecule has 4 fully saturated rings. The van der Waals surface area contributed by atoms with E-state index in [4.69, 9.17) is 5.73 Å². The number of hydrogen-bond acceptors (Lipinski definition) is 3. The zero-order valence-corrected chi connectivity index (χ0v) is 15.0. The monoisotopic (exact) mass is 386 g/mol. The van der Waals surface area contributed by atoms with Crippen molar-refractivity contribution in [3.05, 3.63) is 29.8 Å². The highest BCUT2D eigenvalue weighted by Crippen LogP contribution is 2.77. The molecule has 0 amide bonds. The van der Waals surface area contributed by atoms with Crippen LogP contribution in [0.2, 0.25) is 0 Å². The molecule has 0 radical (unpaired) electrons. The molecule has 1 aromatic rings. The summed E-state index contributed by atoms with van der Waals surface area (Å²) in [6.45, 7) is 0. The first-order valence-electron chi connectivity index (χ1n) is 8.97. The Hall–Kier alpha value is -1.12. The fourth-order valence-corrected chi connectivity index (χ4v) is 8.35. The minimum atomic E-state index is -4.48. The van der Waals surface area contributed by atoms with Crippen LogP contribution >= 0.6 is 0 Å². The number of rotatable bonds is 3. The molecule has 4 aliphatic rings. The van der Waals surface area contributed by atoms with E-state index in [1.165, 1.54) is 0 Å². The molecule has 3 bridgehead atoms. The third kappa shape index (κ3) is 2.06. The van der Waals surface area contributed by atoms with Gasteiger partial charge in [-0.1, -0.05) is 0 Å². The number of nitrogens with two attached hydrogens (primary N) is 1. The number of sulfonamides is 1. The largest absolute Gasteiger partial charge is 0.416 e. The lowest BCUT2D eigenvalue weighted by molar-refractivity contribution is -0.137. The van der Waals surface area contributed by atoms with Crippen molar-refractivity contribution in [2.24, 2.45) is 23.0 Å². The standard InChI is InChI=1S/C18H21F3N2O2S/c19-18(20,21)12-1-3-14(4-2-12)26(24,25)23-17-7-11-5-15(22)8-13(9-17)16(17,6-11)10-15/h1-4,11,13,23H,5-10,22H2. The fourth-order valence-electron chi connectivity index (χ4n) is 6.85. The molecular weight excluding hydrogens is 365 g/mol. The molecule has 5 rings (SSSR count). The maximum Gasteiger partial charge on any atom is 0.416 e. The predicted molar refractivity (Wildman–Crippen MR) is 88.5 cm³/mol. The zero-order valence-electron chi connectivity index (χ0n) is 14.1. The Morgan fingerprint density at radius 1 is 1.04 bits per heavy atom. The third-order valence-corrected chi connectivity index (χ3v) is 9.01. The highest BCUT2D eigenvalue weighted by Gasteiger charge is 2.77. The maximum atomic E-state index is 12.9. The zero-order chi connectivity index (χ0) is 18.6. The van der Waals surface area contributed by atoms with Crippen LogP contribution in [0.3, 0.4) is 0 Å². The van der Waals surface area contributed by atoms with Crippen molar-refractivity contribution in [2.75, 3.05) is 0 Å². The number of halogens is 3.